The molecule has 0 spiro atoms. The molecule has 2 N–H and O–H groups in total. The largest absolute Gasteiger partial charge is 0.481 e. The number of nitrogens with one attached hydrogen (secondary N) is 1. The first-order valence-corrected chi connectivity index (χ1v) is 7.49. The normalized spacial score (nSPS) is 10.3. The lowest BCUT2D eigenvalue weighted by Gasteiger charge is -2.06. The monoisotopic (exact) mass is 362 g/mol. The number of amides is 1. The van der Waals surface area contributed by atoms with E-state index in [9.17, 15) is 9.59 Å². The third kappa shape index (κ3) is 6.34. The molecule has 0 fully saturated rings. The summed E-state index contributed by atoms with van der Waals surface area (Å²) >= 11 is 9.09. The molecule has 0 aliphatic rings. The molecule has 0 saturated heterocycles. The third-order valence-corrected chi connectivity index (χ3v) is 3.39. The summed E-state index contributed by atoms with van der Waals surface area (Å²) in [6.07, 6.45) is 4.95. The van der Waals surface area contributed by atoms with Gasteiger partial charge in [-0.1, -0.05) is 24.4 Å². The molecule has 110 valence electrons. The van der Waals surface area contributed by atoms with E-state index < -0.39 is 5.97 Å². The van der Waals surface area contributed by atoms with E-state index in [0.717, 1.165) is 19.3 Å². The number of carbonyl (C=O) groups is 2. The summed E-state index contributed by atoms with van der Waals surface area (Å²) in [5.41, 5.74) is 0.340. The zero-order chi connectivity index (χ0) is 15.0. The molecule has 0 aliphatic carbocycles. The maximum Gasteiger partial charge on any atom is 0.303 e. The number of pyridine rings is 1. The Morgan fingerprint density at radius 1 is 1.30 bits per heavy atom. The molecule has 0 aromatic carbocycles. The van der Waals surface area contributed by atoms with Gasteiger partial charge in [0.25, 0.3) is 5.91 Å². The van der Waals surface area contributed by atoms with E-state index in [2.05, 4.69) is 26.2 Å². The maximum atomic E-state index is 11.9. The van der Waals surface area contributed by atoms with Gasteiger partial charge in [-0.25, -0.2) is 4.98 Å². The zero-order valence-corrected chi connectivity index (χ0v) is 13.2. The molecule has 0 radical (unpaired) electrons. The second kappa shape index (κ2) is 8.92. The molecule has 7 heteroatoms. The fourth-order valence-corrected chi connectivity index (χ4v) is 2.15. The van der Waals surface area contributed by atoms with Crippen LogP contribution in [0.5, 0.6) is 0 Å². The van der Waals surface area contributed by atoms with Gasteiger partial charge in [-0.15, -0.1) is 0 Å². The van der Waals surface area contributed by atoms with E-state index in [1.165, 1.54) is 6.20 Å². The van der Waals surface area contributed by atoms with Crippen LogP contribution in [0, 0.1) is 0 Å². The van der Waals surface area contributed by atoms with Gasteiger partial charge in [-0.3, -0.25) is 9.59 Å². The van der Waals surface area contributed by atoms with Crippen LogP contribution in [0.4, 0.5) is 0 Å². The van der Waals surface area contributed by atoms with Crippen LogP contribution in [0.3, 0.4) is 0 Å². The smallest absolute Gasteiger partial charge is 0.303 e. The second-order valence-corrected chi connectivity index (χ2v) is 5.58. The van der Waals surface area contributed by atoms with Gasteiger partial charge >= 0.3 is 5.97 Å². The number of nitrogens with zero attached hydrogens (tertiary/aromatic N) is 1. The van der Waals surface area contributed by atoms with Crippen molar-refractivity contribution >= 4 is 39.4 Å². The van der Waals surface area contributed by atoms with Crippen molar-refractivity contribution < 1.29 is 14.7 Å². The van der Waals surface area contributed by atoms with Crippen LogP contribution in [0.2, 0.25) is 5.15 Å². The Kier molecular flexibility index (Phi) is 7.54. The van der Waals surface area contributed by atoms with Gasteiger partial charge in [0.15, 0.2) is 0 Å². The molecule has 20 heavy (non-hydrogen) atoms. The topological polar surface area (TPSA) is 79.3 Å². The Bertz CT molecular complexity index is 483. The van der Waals surface area contributed by atoms with Crippen LogP contribution in [-0.4, -0.2) is 28.5 Å². The first kappa shape index (κ1) is 16.9. The van der Waals surface area contributed by atoms with Crippen LogP contribution in [-0.2, 0) is 4.79 Å². The quantitative estimate of drug-likeness (QED) is 0.549. The molecule has 0 saturated carbocycles. The number of halogens is 2. The van der Waals surface area contributed by atoms with Gasteiger partial charge in [0.05, 0.1) is 5.56 Å². The number of carboxylic acids is 1. The van der Waals surface area contributed by atoms with Gasteiger partial charge in [0.2, 0.25) is 0 Å². The molecule has 0 aliphatic heterocycles. The molecule has 1 rings (SSSR count). The Balaban J connectivity index is 2.23. The average Bonchev–Trinajstić information content (AvgIpc) is 2.39. The lowest BCUT2D eigenvalue weighted by Crippen LogP contribution is -2.25. The molecule has 0 bridgehead atoms. The molecule has 1 aromatic heterocycles. The van der Waals surface area contributed by atoms with Crippen LogP contribution in [0.25, 0.3) is 0 Å². The molecule has 0 atom stereocenters. The molecule has 1 heterocycles. The van der Waals surface area contributed by atoms with Crippen molar-refractivity contribution in [3.8, 4) is 0 Å². The molecular formula is C13H16BrClN2O3. The van der Waals surface area contributed by atoms with Gasteiger partial charge in [-0.2, -0.15) is 0 Å². The van der Waals surface area contributed by atoms with Crippen LogP contribution < -0.4 is 5.32 Å². The van der Waals surface area contributed by atoms with Crippen molar-refractivity contribution in [1.29, 1.82) is 0 Å². The van der Waals surface area contributed by atoms with Crippen molar-refractivity contribution in [2.24, 2.45) is 0 Å². The van der Waals surface area contributed by atoms with Crippen molar-refractivity contribution in [2.75, 3.05) is 6.54 Å². The third-order valence-electron chi connectivity index (χ3n) is 2.65. The van der Waals surface area contributed by atoms with Gasteiger partial charge in [-0.05, 0) is 34.8 Å². The highest BCUT2D eigenvalue weighted by Gasteiger charge is 2.11. The number of carbonyl (C=O) groups excluding carboxylic acids is 1. The first-order chi connectivity index (χ1) is 9.50. The summed E-state index contributed by atoms with van der Waals surface area (Å²) in [6, 6.07) is 1.62. The van der Waals surface area contributed by atoms with Crippen LogP contribution in [0.15, 0.2) is 16.7 Å². The standard InChI is InChI=1S/C13H16BrClN2O3/c14-9-7-10(12(15)17-8-9)13(20)16-6-4-2-1-3-5-11(18)19/h7-8H,1-6H2,(H,16,20)(H,18,19). The van der Waals surface area contributed by atoms with Gasteiger partial charge in [0.1, 0.15) is 5.15 Å². The van der Waals surface area contributed by atoms with E-state index >= 15 is 0 Å². The number of hydrogen-bond acceptors (Lipinski definition) is 3. The van der Waals surface area contributed by atoms with E-state index in [-0.39, 0.29) is 17.5 Å². The summed E-state index contributed by atoms with van der Waals surface area (Å²) in [6.45, 7) is 0.536. The minimum absolute atomic E-state index is 0.173. The van der Waals surface area contributed by atoms with E-state index in [4.69, 9.17) is 16.7 Å². The predicted octanol–water partition coefficient (Wildman–Crippen LogP) is 3.26. The predicted molar refractivity (Wildman–Crippen MR) is 80.0 cm³/mol. The fourth-order valence-electron chi connectivity index (χ4n) is 1.63. The summed E-state index contributed by atoms with van der Waals surface area (Å²) in [4.78, 5) is 26.1. The average molecular weight is 364 g/mol. The summed E-state index contributed by atoms with van der Waals surface area (Å²) < 4.78 is 0.695. The summed E-state index contributed by atoms with van der Waals surface area (Å²) in [7, 11) is 0. The van der Waals surface area contributed by atoms with Gasteiger partial charge in [0, 0.05) is 23.6 Å². The molecule has 1 aromatic rings. The molecular weight excluding hydrogens is 348 g/mol. The lowest BCUT2D eigenvalue weighted by atomic mass is 10.1. The Hall–Kier alpha value is -1.14. The van der Waals surface area contributed by atoms with Crippen molar-refractivity contribution in [3.05, 3.63) is 27.5 Å². The highest BCUT2D eigenvalue weighted by Crippen LogP contribution is 2.17. The maximum absolute atomic E-state index is 11.9. The van der Waals surface area contributed by atoms with E-state index in [1.54, 1.807) is 6.07 Å². The van der Waals surface area contributed by atoms with Crippen molar-refractivity contribution in [1.82, 2.24) is 10.3 Å². The SMILES string of the molecule is O=C(O)CCCCCCNC(=O)c1cc(Br)cnc1Cl. The number of aromatic nitrogens is 1. The molecule has 0 unspecified atom stereocenters. The lowest BCUT2D eigenvalue weighted by molar-refractivity contribution is -0.137. The highest BCUT2D eigenvalue weighted by atomic mass is 79.9. The zero-order valence-electron chi connectivity index (χ0n) is 10.9. The number of unbranched alkanes of at least 4 members (excludes halogenated alkanes) is 3. The van der Waals surface area contributed by atoms with Crippen molar-refractivity contribution in [2.45, 2.75) is 32.1 Å². The number of rotatable bonds is 8. The number of hydrogen-bond donors (Lipinski definition) is 2. The van der Waals surface area contributed by atoms with Crippen molar-refractivity contribution in [3.63, 3.8) is 0 Å². The number of carboxylic acid groups (broad SMARTS) is 1. The Morgan fingerprint density at radius 3 is 2.70 bits per heavy atom. The minimum Gasteiger partial charge on any atom is -0.481 e. The van der Waals surface area contributed by atoms with E-state index in [1.807, 2.05) is 0 Å². The first-order valence-electron chi connectivity index (χ1n) is 6.31. The van der Waals surface area contributed by atoms with Crippen LogP contribution >= 0.6 is 27.5 Å². The minimum atomic E-state index is -0.768. The van der Waals surface area contributed by atoms with Gasteiger partial charge < -0.3 is 10.4 Å². The Labute approximate surface area is 130 Å². The summed E-state index contributed by atoms with van der Waals surface area (Å²) in [5.74, 6) is -1.02. The fraction of sp³-hybridized carbons (Fsp3) is 0.462. The Morgan fingerprint density at radius 2 is 2.00 bits per heavy atom. The highest BCUT2D eigenvalue weighted by molar-refractivity contribution is 9.10. The summed E-state index contributed by atoms with van der Waals surface area (Å²) in [5, 5.41) is 11.4. The number of aliphatic carboxylic acids is 1. The second-order valence-electron chi connectivity index (χ2n) is 4.31. The van der Waals surface area contributed by atoms with E-state index in [0.29, 0.717) is 23.0 Å². The molecule has 1 amide bonds. The van der Waals surface area contributed by atoms with Crippen LogP contribution in [0.1, 0.15) is 42.5 Å². The molecule has 5 nitrogen and oxygen atoms in total.